The lowest BCUT2D eigenvalue weighted by Gasteiger charge is -2.04. The zero-order valence-electron chi connectivity index (χ0n) is 12.5. The summed E-state index contributed by atoms with van der Waals surface area (Å²) in [5.41, 5.74) is 3.50. The van der Waals surface area contributed by atoms with Crippen molar-refractivity contribution in [3.05, 3.63) is 59.7 Å². The number of carbonyl (C=O) groups excluding carboxylic acids is 1. The average Bonchev–Trinajstić information content (AvgIpc) is 2.38. The van der Waals surface area contributed by atoms with Crippen LogP contribution in [0.4, 0.5) is 0 Å². The second-order valence-electron chi connectivity index (χ2n) is 5.21. The minimum absolute atomic E-state index is 0.154. The molecule has 0 radical (unpaired) electrons. The number of ether oxygens (including phenoxy) is 1. The minimum Gasteiger partial charge on any atom is -0.465 e. The summed E-state index contributed by atoms with van der Waals surface area (Å²) in [4.78, 5) is 11.6. The van der Waals surface area contributed by atoms with Crippen molar-refractivity contribution < 1.29 is 9.53 Å². The van der Waals surface area contributed by atoms with Gasteiger partial charge in [-0.15, -0.1) is 0 Å². The van der Waals surface area contributed by atoms with E-state index in [9.17, 15) is 4.79 Å². The zero-order chi connectivity index (χ0) is 14.8. The Labute approximate surface area is 122 Å². The van der Waals surface area contributed by atoms with Crippen LogP contribution in [-0.2, 0) is 16.0 Å². The largest absolute Gasteiger partial charge is 0.465 e. The fraction of sp³-hybridized carbons (Fsp3) is 0.389. The molecule has 0 N–H and O–H groups in total. The number of unbranched alkanes of at least 4 members (excludes halogenated alkanes) is 1. The van der Waals surface area contributed by atoms with Gasteiger partial charge in [0.15, 0.2) is 0 Å². The van der Waals surface area contributed by atoms with Gasteiger partial charge in [-0.25, -0.2) is 0 Å². The highest BCUT2D eigenvalue weighted by molar-refractivity contribution is 5.72. The van der Waals surface area contributed by atoms with Crippen LogP contribution in [-0.4, -0.2) is 12.6 Å². The molecule has 0 saturated heterocycles. The summed E-state index contributed by atoms with van der Waals surface area (Å²) in [6.07, 6.45) is 5.31. The van der Waals surface area contributed by atoms with E-state index >= 15 is 0 Å². The van der Waals surface area contributed by atoms with Crippen molar-refractivity contribution in [2.75, 3.05) is 6.61 Å². The first kappa shape index (κ1) is 16.2. The number of hydrogen-bond acceptors (Lipinski definition) is 2. The van der Waals surface area contributed by atoms with E-state index in [1.807, 2.05) is 37.3 Å². The molecule has 0 unspecified atom stereocenters. The van der Waals surface area contributed by atoms with Crippen LogP contribution in [0.25, 0.3) is 0 Å². The Morgan fingerprint density at radius 2 is 1.95 bits per heavy atom. The Balaban J connectivity index is 2.15. The Hall–Kier alpha value is -1.83. The van der Waals surface area contributed by atoms with E-state index in [1.54, 1.807) is 0 Å². The van der Waals surface area contributed by atoms with Gasteiger partial charge in [-0.2, -0.15) is 0 Å². The predicted molar refractivity (Wildman–Crippen MR) is 83.5 cm³/mol. The first-order chi connectivity index (χ1) is 9.58. The average molecular weight is 272 g/mol. The van der Waals surface area contributed by atoms with Crippen molar-refractivity contribution in [3.8, 4) is 0 Å². The second kappa shape index (κ2) is 9.13. The third kappa shape index (κ3) is 7.57. The maximum absolute atomic E-state index is 11.6. The monoisotopic (exact) mass is 272 g/mol. The third-order valence-electron chi connectivity index (χ3n) is 2.88. The van der Waals surface area contributed by atoms with Gasteiger partial charge in [-0.1, -0.05) is 54.1 Å². The van der Waals surface area contributed by atoms with E-state index in [4.69, 9.17) is 4.74 Å². The summed E-state index contributed by atoms with van der Waals surface area (Å²) >= 11 is 0. The van der Waals surface area contributed by atoms with Crippen molar-refractivity contribution in [2.24, 2.45) is 0 Å². The molecule has 0 aliphatic carbocycles. The molecule has 0 amide bonds. The molecule has 1 aromatic carbocycles. The Bertz CT molecular complexity index is 458. The Kier molecular flexibility index (Phi) is 7.41. The van der Waals surface area contributed by atoms with Crippen molar-refractivity contribution in [1.82, 2.24) is 0 Å². The summed E-state index contributed by atoms with van der Waals surface area (Å²) in [5.74, 6) is -0.154. The van der Waals surface area contributed by atoms with Gasteiger partial charge in [0.05, 0.1) is 13.0 Å². The molecule has 0 atom stereocenters. The van der Waals surface area contributed by atoms with E-state index in [0.717, 1.165) is 24.8 Å². The first-order valence-corrected chi connectivity index (χ1v) is 7.07. The molecule has 0 fully saturated rings. The lowest BCUT2D eigenvalue weighted by Crippen LogP contribution is -2.08. The van der Waals surface area contributed by atoms with Crippen molar-refractivity contribution in [1.29, 1.82) is 0 Å². The predicted octanol–water partition coefficient (Wildman–Crippen LogP) is 4.47. The molecule has 2 heteroatoms. The van der Waals surface area contributed by atoms with Gasteiger partial charge in [0.1, 0.15) is 0 Å². The molecule has 0 aliphatic rings. The van der Waals surface area contributed by atoms with Gasteiger partial charge in [-0.05, 0) is 38.7 Å². The van der Waals surface area contributed by atoms with Crippen LogP contribution in [0.15, 0.2) is 54.1 Å². The smallest absolute Gasteiger partial charge is 0.310 e. The van der Waals surface area contributed by atoms with Gasteiger partial charge in [0.2, 0.25) is 0 Å². The molecule has 0 bridgehead atoms. The van der Waals surface area contributed by atoms with E-state index in [2.05, 4.69) is 19.6 Å². The first-order valence-electron chi connectivity index (χ1n) is 7.07. The zero-order valence-corrected chi connectivity index (χ0v) is 12.5. The summed E-state index contributed by atoms with van der Waals surface area (Å²) < 4.78 is 5.22. The number of hydrogen-bond donors (Lipinski definition) is 0. The van der Waals surface area contributed by atoms with Crippen molar-refractivity contribution in [3.63, 3.8) is 0 Å². The lowest BCUT2D eigenvalue weighted by atomic mass is 10.1. The maximum atomic E-state index is 11.6. The SMILES string of the molecule is C=C(C)C/C(C)=C/CCCOC(=O)Cc1ccccc1. The molecule has 0 aromatic heterocycles. The van der Waals surface area contributed by atoms with Crippen LogP contribution in [0.1, 0.15) is 38.7 Å². The molecule has 0 spiro atoms. The highest BCUT2D eigenvalue weighted by Crippen LogP contribution is 2.09. The van der Waals surface area contributed by atoms with Gasteiger partial charge in [-0.3, -0.25) is 4.79 Å². The molecule has 0 saturated carbocycles. The molecule has 0 aliphatic heterocycles. The summed E-state index contributed by atoms with van der Waals surface area (Å²) in [5, 5.41) is 0. The maximum Gasteiger partial charge on any atom is 0.310 e. The Morgan fingerprint density at radius 3 is 2.60 bits per heavy atom. The van der Waals surface area contributed by atoms with E-state index in [0.29, 0.717) is 13.0 Å². The van der Waals surface area contributed by atoms with E-state index < -0.39 is 0 Å². The topological polar surface area (TPSA) is 26.3 Å². The molecule has 2 nitrogen and oxygen atoms in total. The van der Waals surface area contributed by atoms with Crippen molar-refractivity contribution in [2.45, 2.75) is 39.5 Å². The highest BCUT2D eigenvalue weighted by Gasteiger charge is 2.03. The second-order valence-corrected chi connectivity index (χ2v) is 5.21. The lowest BCUT2D eigenvalue weighted by molar-refractivity contribution is -0.142. The van der Waals surface area contributed by atoms with E-state index in [-0.39, 0.29) is 5.97 Å². The molecule has 108 valence electrons. The molecular formula is C18H24O2. The quantitative estimate of drug-likeness (QED) is 0.396. The van der Waals surface area contributed by atoms with Crippen LogP contribution in [0.5, 0.6) is 0 Å². The van der Waals surface area contributed by atoms with Crippen LogP contribution in [0, 0.1) is 0 Å². The fourth-order valence-corrected chi connectivity index (χ4v) is 1.98. The fourth-order valence-electron chi connectivity index (χ4n) is 1.98. The van der Waals surface area contributed by atoms with Gasteiger partial charge in [0, 0.05) is 0 Å². The molecule has 0 heterocycles. The van der Waals surface area contributed by atoms with Crippen LogP contribution >= 0.6 is 0 Å². The summed E-state index contributed by atoms with van der Waals surface area (Å²) in [6, 6.07) is 9.67. The summed E-state index contributed by atoms with van der Waals surface area (Å²) in [7, 11) is 0. The molecule has 1 aromatic rings. The van der Waals surface area contributed by atoms with Crippen LogP contribution in [0.2, 0.25) is 0 Å². The van der Waals surface area contributed by atoms with Crippen LogP contribution < -0.4 is 0 Å². The number of benzene rings is 1. The molecule has 20 heavy (non-hydrogen) atoms. The van der Waals surface area contributed by atoms with Crippen molar-refractivity contribution >= 4 is 5.97 Å². The van der Waals surface area contributed by atoms with Gasteiger partial charge >= 0.3 is 5.97 Å². The number of allylic oxidation sites excluding steroid dienone is 3. The summed E-state index contributed by atoms with van der Waals surface area (Å²) in [6.45, 7) is 8.52. The highest BCUT2D eigenvalue weighted by atomic mass is 16.5. The van der Waals surface area contributed by atoms with Gasteiger partial charge in [0.25, 0.3) is 0 Å². The Morgan fingerprint density at radius 1 is 1.25 bits per heavy atom. The molecule has 1 rings (SSSR count). The van der Waals surface area contributed by atoms with E-state index in [1.165, 1.54) is 11.1 Å². The standard InChI is InChI=1S/C18H24O2/c1-15(2)13-16(3)9-7-8-12-20-18(19)14-17-10-5-4-6-11-17/h4-6,9-11H,1,7-8,12-14H2,2-3H3/b16-9+. The normalized spacial score (nSPS) is 11.2. The third-order valence-corrected chi connectivity index (χ3v) is 2.88. The van der Waals surface area contributed by atoms with Crippen LogP contribution in [0.3, 0.4) is 0 Å². The minimum atomic E-state index is -0.154. The van der Waals surface area contributed by atoms with Gasteiger partial charge < -0.3 is 4.74 Å². The number of carbonyl (C=O) groups is 1. The molecular weight excluding hydrogens is 248 g/mol. The number of esters is 1. The number of rotatable bonds is 8.